The maximum Gasteiger partial charge on any atom is 0.294 e. The predicted molar refractivity (Wildman–Crippen MR) is 130 cm³/mol. The van der Waals surface area contributed by atoms with Crippen molar-refractivity contribution in [3.63, 3.8) is 0 Å². The van der Waals surface area contributed by atoms with Crippen molar-refractivity contribution in [2.45, 2.75) is 40.2 Å². The van der Waals surface area contributed by atoms with Crippen LogP contribution in [0.1, 0.15) is 38.3 Å². The molecule has 0 radical (unpaired) electrons. The highest BCUT2D eigenvalue weighted by molar-refractivity contribution is 8.18. The average molecular weight is 469 g/mol. The van der Waals surface area contributed by atoms with Crippen LogP contribution in [0.5, 0.6) is 11.5 Å². The highest BCUT2D eigenvalue weighted by atomic mass is 32.2. The quantitative estimate of drug-likeness (QED) is 0.506. The lowest BCUT2D eigenvalue weighted by Crippen LogP contribution is -2.36. The Morgan fingerprint density at radius 1 is 1.12 bits per heavy atom. The molecule has 0 aromatic heterocycles. The van der Waals surface area contributed by atoms with Crippen LogP contribution in [0.2, 0.25) is 0 Å². The maximum atomic E-state index is 12.8. The first-order valence-electron chi connectivity index (χ1n) is 10.9. The fourth-order valence-corrected chi connectivity index (χ4v) is 3.89. The van der Waals surface area contributed by atoms with E-state index in [4.69, 9.17) is 9.47 Å². The van der Waals surface area contributed by atoms with Gasteiger partial charge in [-0.15, -0.1) is 0 Å². The van der Waals surface area contributed by atoms with E-state index in [1.165, 1.54) is 0 Å². The van der Waals surface area contributed by atoms with Crippen LogP contribution in [0, 0.1) is 6.92 Å². The zero-order valence-electron chi connectivity index (χ0n) is 19.2. The molecule has 0 saturated carbocycles. The van der Waals surface area contributed by atoms with Crippen molar-refractivity contribution in [2.75, 3.05) is 18.5 Å². The van der Waals surface area contributed by atoms with Gasteiger partial charge in [0.05, 0.1) is 17.6 Å². The van der Waals surface area contributed by atoms with E-state index in [9.17, 15) is 14.4 Å². The summed E-state index contributed by atoms with van der Waals surface area (Å²) in [4.78, 5) is 38.8. The molecule has 2 aromatic carbocycles. The zero-order valence-corrected chi connectivity index (χ0v) is 20.0. The topological polar surface area (TPSA) is 84.9 Å². The van der Waals surface area contributed by atoms with Gasteiger partial charge in [-0.2, -0.15) is 0 Å². The number of rotatable bonds is 9. The molecular formula is C25H28N2O5S. The van der Waals surface area contributed by atoms with Crippen LogP contribution >= 0.6 is 11.8 Å². The molecule has 1 heterocycles. The van der Waals surface area contributed by atoms with Gasteiger partial charge >= 0.3 is 0 Å². The third-order valence-corrected chi connectivity index (χ3v) is 5.89. The van der Waals surface area contributed by atoms with Gasteiger partial charge in [0.25, 0.3) is 11.1 Å². The fourth-order valence-electron chi connectivity index (χ4n) is 3.05. The first kappa shape index (κ1) is 24.4. The second kappa shape index (κ2) is 11.0. The lowest BCUT2D eigenvalue weighted by molar-refractivity contribution is -0.127. The van der Waals surface area contributed by atoms with Crippen LogP contribution in [-0.2, 0) is 9.59 Å². The Morgan fingerprint density at radius 2 is 1.85 bits per heavy atom. The van der Waals surface area contributed by atoms with Crippen molar-refractivity contribution in [3.8, 4) is 11.5 Å². The van der Waals surface area contributed by atoms with Crippen molar-refractivity contribution in [2.24, 2.45) is 0 Å². The third-order valence-electron chi connectivity index (χ3n) is 4.98. The minimum atomic E-state index is -0.498. The lowest BCUT2D eigenvalue weighted by Gasteiger charge is -2.16. The van der Waals surface area contributed by atoms with Crippen molar-refractivity contribution in [1.82, 2.24) is 4.90 Å². The number of aryl methyl sites for hydroxylation is 1. The number of anilines is 1. The standard InChI is InChI=1S/C25H28N2O5S/c1-5-17(4)32-20-12-9-18(13-21(20)31-6-2)14-22-24(29)27(25(30)33-22)15-23(28)26-19-10-7-16(3)8-11-19/h7-14,17H,5-6,15H2,1-4H3,(H,26,28)/b22-14+/t17-/m1/s1. The van der Waals surface area contributed by atoms with E-state index in [0.717, 1.165) is 28.6 Å². The Balaban J connectivity index is 1.72. The lowest BCUT2D eigenvalue weighted by atomic mass is 10.1. The van der Waals surface area contributed by atoms with E-state index in [-0.39, 0.29) is 17.6 Å². The van der Waals surface area contributed by atoms with Crippen LogP contribution in [0.4, 0.5) is 10.5 Å². The summed E-state index contributed by atoms with van der Waals surface area (Å²) in [6.45, 7) is 7.97. The maximum absolute atomic E-state index is 12.8. The number of hydrogen-bond acceptors (Lipinski definition) is 6. The van der Waals surface area contributed by atoms with Gasteiger partial charge in [-0.1, -0.05) is 30.7 Å². The summed E-state index contributed by atoms with van der Waals surface area (Å²) in [6, 6.07) is 12.7. The number of imide groups is 1. The van der Waals surface area contributed by atoms with E-state index < -0.39 is 17.1 Å². The Morgan fingerprint density at radius 3 is 2.52 bits per heavy atom. The van der Waals surface area contributed by atoms with Crippen LogP contribution in [0.15, 0.2) is 47.4 Å². The molecule has 1 aliphatic heterocycles. The van der Waals surface area contributed by atoms with Gasteiger partial charge in [0, 0.05) is 5.69 Å². The number of thioether (sulfide) groups is 1. The fraction of sp³-hybridized carbons (Fsp3) is 0.320. The van der Waals surface area contributed by atoms with Gasteiger partial charge in [-0.05, 0) is 74.9 Å². The molecular weight excluding hydrogens is 440 g/mol. The first-order valence-corrected chi connectivity index (χ1v) is 11.7. The molecule has 8 heteroatoms. The number of hydrogen-bond donors (Lipinski definition) is 1. The average Bonchev–Trinajstić information content (AvgIpc) is 3.04. The summed E-state index contributed by atoms with van der Waals surface area (Å²) in [5.74, 6) is 0.266. The van der Waals surface area contributed by atoms with E-state index >= 15 is 0 Å². The van der Waals surface area contributed by atoms with Gasteiger partial charge in [0.1, 0.15) is 6.54 Å². The van der Waals surface area contributed by atoms with Crippen LogP contribution in [-0.4, -0.2) is 41.2 Å². The molecule has 3 rings (SSSR count). The van der Waals surface area contributed by atoms with Gasteiger partial charge in [0.15, 0.2) is 11.5 Å². The van der Waals surface area contributed by atoms with E-state index in [1.54, 1.807) is 36.4 Å². The number of nitrogens with one attached hydrogen (secondary N) is 1. The number of amides is 3. The summed E-state index contributed by atoms with van der Waals surface area (Å²) in [5.41, 5.74) is 2.37. The smallest absolute Gasteiger partial charge is 0.294 e. The number of nitrogens with zero attached hydrogens (tertiary/aromatic N) is 1. The molecule has 0 aliphatic carbocycles. The highest BCUT2D eigenvalue weighted by Gasteiger charge is 2.36. The van der Waals surface area contributed by atoms with Crippen molar-refractivity contribution in [3.05, 3.63) is 58.5 Å². The molecule has 0 spiro atoms. The normalized spacial score (nSPS) is 15.6. The van der Waals surface area contributed by atoms with Crippen LogP contribution in [0.3, 0.4) is 0 Å². The molecule has 2 aromatic rings. The minimum Gasteiger partial charge on any atom is -0.490 e. The second-order valence-corrected chi connectivity index (χ2v) is 8.65. The van der Waals surface area contributed by atoms with Crippen molar-refractivity contribution >= 4 is 40.6 Å². The second-order valence-electron chi connectivity index (χ2n) is 7.66. The van der Waals surface area contributed by atoms with Gasteiger partial charge < -0.3 is 14.8 Å². The summed E-state index contributed by atoms with van der Waals surface area (Å²) in [7, 11) is 0. The Kier molecular flexibility index (Phi) is 8.16. The van der Waals surface area contributed by atoms with Gasteiger partial charge in [-0.3, -0.25) is 19.3 Å². The molecule has 1 atom stereocenters. The van der Waals surface area contributed by atoms with Gasteiger partial charge in [-0.25, -0.2) is 0 Å². The SMILES string of the molecule is CCOc1cc(/C=C2/SC(=O)N(CC(=O)Nc3ccc(C)cc3)C2=O)ccc1O[C@H](C)CC. The zero-order chi connectivity index (χ0) is 24.0. The molecule has 3 amide bonds. The Bertz CT molecular complexity index is 1060. The van der Waals surface area contributed by atoms with Crippen LogP contribution in [0.25, 0.3) is 6.08 Å². The molecule has 0 bridgehead atoms. The largest absolute Gasteiger partial charge is 0.490 e. The molecule has 1 saturated heterocycles. The Hall–Kier alpha value is -3.26. The molecule has 1 N–H and O–H groups in total. The number of carbonyl (C=O) groups excluding carboxylic acids is 3. The number of benzene rings is 2. The Labute approximate surface area is 198 Å². The number of ether oxygens (including phenoxy) is 2. The van der Waals surface area contributed by atoms with Gasteiger partial charge in [0.2, 0.25) is 5.91 Å². The molecule has 1 fully saturated rings. The summed E-state index contributed by atoms with van der Waals surface area (Å²) < 4.78 is 11.6. The molecule has 0 unspecified atom stereocenters. The number of carbonyl (C=O) groups is 3. The predicted octanol–water partition coefficient (Wildman–Crippen LogP) is 5.25. The molecule has 7 nitrogen and oxygen atoms in total. The van der Waals surface area contributed by atoms with Crippen LogP contribution < -0.4 is 14.8 Å². The minimum absolute atomic E-state index is 0.0395. The molecule has 1 aliphatic rings. The molecule has 33 heavy (non-hydrogen) atoms. The van der Waals surface area contributed by atoms with Crippen molar-refractivity contribution < 1.29 is 23.9 Å². The van der Waals surface area contributed by atoms with Crippen molar-refractivity contribution in [1.29, 1.82) is 0 Å². The first-order chi connectivity index (χ1) is 15.8. The van der Waals surface area contributed by atoms with E-state index in [1.807, 2.05) is 39.8 Å². The summed E-state index contributed by atoms with van der Waals surface area (Å²) in [6.07, 6.45) is 2.52. The summed E-state index contributed by atoms with van der Waals surface area (Å²) in [5, 5.41) is 2.23. The van der Waals surface area contributed by atoms with E-state index in [0.29, 0.717) is 29.4 Å². The van der Waals surface area contributed by atoms with E-state index in [2.05, 4.69) is 5.32 Å². The highest BCUT2D eigenvalue weighted by Crippen LogP contribution is 2.35. The summed E-state index contributed by atoms with van der Waals surface area (Å²) >= 11 is 0.811. The molecule has 174 valence electrons. The monoisotopic (exact) mass is 468 g/mol. The third kappa shape index (κ3) is 6.38.